The number of fused-ring (bicyclic) bond motifs is 1. The third kappa shape index (κ3) is 4.03. The fourth-order valence-corrected chi connectivity index (χ4v) is 2.90. The number of rotatable bonds is 6. The molecule has 0 aromatic carbocycles. The first-order valence-electron chi connectivity index (χ1n) is 8.65. The first-order chi connectivity index (χ1) is 11.7. The highest BCUT2D eigenvalue weighted by Crippen LogP contribution is 2.24. The Morgan fingerprint density at radius 2 is 2.29 bits per heavy atom. The fraction of sp³-hybridized carbons (Fsp3) is 0.588. The molecule has 2 N–H and O–H groups in total. The maximum absolute atomic E-state index is 5.80. The molecule has 1 saturated heterocycles. The Kier molecular flexibility index (Phi) is 5.30. The van der Waals surface area contributed by atoms with E-state index in [1.165, 1.54) is 0 Å². The molecular weight excluding hydrogens is 304 g/mol. The molecule has 130 valence electrons. The summed E-state index contributed by atoms with van der Waals surface area (Å²) in [5, 5.41) is 15.1. The van der Waals surface area contributed by atoms with Crippen LogP contribution in [0.3, 0.4) is 0 Å². The summed E-state index contributed by atoms with van der Waals surface area (Å²) in [6.07, 6.45) is 4.96. The summed E-state index contributed by atoms with van der Waals surface area (Å²) in [7, 11) is 0. The van der Waals surface area contributed by atoms with Gasteiger partial charge in [0.2, 0.25) is 0 Å². The lowest BCUT2D eigenvalue weighted by atomic mass is 10.0. The molecule has 24 heavy (non-hydrogen) atoms. The first kappa shape index (κ1) is 16.7. The van der Waals surface area contributed by atoms with Crippen LogP contribution in [0.15, 0.2) is 29.4 Å². The van der Waals surface area contributed by atoms with Gasteiger partial charge in [-0.1, -0.05) is 6.07 Å². The van der Waals surface area contributed by atoms with E-state index < -0.39 is 0 Å². The van der Waals surface area contributed by atoms with Crippen molar-refractivity contribution in [2.75, 3.05) is 26.2 Å². The van der Waals surface area contributed by atoms with Gasteiger partial charge in [0.05, 0.1) is 12.1 Å². The standard InChI is InChI=1S/C17H26N6O/c1-3-18-16(20-13-17(2)9-6-12-24-17)19-10-8-15-22-21-14-7-4-5-11-23(14)15/h4-5,7,11H,3,6,8-10,12-13H2,1-2H3,(H2,18,19,20). The van der Waals surface area contributed by atoms with Gasteiger partial charge in [-0.2, -0.15) is 0 Å². The SMILES string of the molecule is CCNC(=NCC1(C)CCCO1)NCCc1nnc2ccccn12. The molecule has 1 unspecified atom stereocenters. The number of nitrogens with one attached hydrogen (secondary N) is 2. The maximum Gasteiger partial charge on any atom is 0.191 e. The second-order valence-corrected chi connectivity index (χ2v) is 6.32. The second kappa shape index (κ2) is 7.61. The van der Waals surface area contributed by atoms with E-state index in [-0.39, 0.29) is 5.60 Å². The summed E-state index contributed by atoms with van der Waals surface area (Å²) in [5.74, 6) is 1.77. The van der Waals surface area contributed by atoms with Crippen LogP contribution in [0.2, 0.25) is 0 Å². The Labute approximate surface area is 142 Å². The Hall–Kier alpha value is -2.15. The topological polar surface area (TPSA) is 75.8 Å². The second-order valence-electron chi connectivity index (χ2n) is 6.32. The number of aliphatic imine (C=N–C) groups is 1. The normalized spacial score (nSPS) is 21.3. The summed E-state index contributed by atoms with van der Waals surface area (Å²) >= 11 is 0. The van der Waals surface area contributed by atoms with Crippen molar-refractivity contribution in [3.05, 3.63) is 30.2 Å². The van der Waals surface area contributed by atoms with Crippen LogP contribution >= 0.6 is 0 Å². The molecule has 0 spiro atoms. The summed E-state index contributed by atoms with van der Waals surface area (Å²) in [5.41, 5.74) is 0.755. The molecule has 2 aromatic heterocycles. The first-order valence-corrected chi connectivity index (χ1v) is 8.65. The Balaban J connectivity index is 1.56. The van der Waals surface area contributed by atoms with Gasteiger partial charge in [0.1, 0.15) is 5.82 Å². The monoisotopic (exact) mass is 330 g/mol. The molecule has 0 saturated carbocycles. The van der Waals surface area contributed by atoms with Crippen molar-refractivity contribution >= 4 is 11.6 Å². The van der Waals surface area contributed by atoms with Crippen molar-refractivity contribution in [1.82, 2.24) is 25.2 Å². The van der Waals surface area contributed by atoms with E-state index in [0.717, 1.165) is 56.4 Å². The van der Waals surface area contributed by atoms with Crippen LogP contribution in [-0.2, 0) is 11.2 Å². The fourth-order valence-electron chi connectivity index (χ4n) is 2.90. The van der Waals surface area contributed by atoms with Crippen LogP contribution in [0.1, 0.15) is 32.5 Å². The van der Waals surface area contributed by atoms with Crippen molar-refractivity contribution < 1.29 is 4.74 Å². The minimum absolute atomic E-state index is 0.119. The number of pyridine rings is 1. The summed E-state index contributed by atoms with van der Waals surface area (Å²) in [6.45, 7) is 7.30. The minimum Gasteiger partial charge on any atom is -0.373 e. The molecule has 0 bridgehead atoms. The zero-order chi connectivity index (χ0) is 16.8. The molecule has 2 aromatic rings. The zero-order valence-corrected chi connectivity index (χ0v) is 14.5. The number of nitrogens with zero attached hydrogens (tertiary/aromatic N) is 4. The predicted molar refractivity (Wildman–Crippen MR) is 94.3 cm³/mol. The number of hydrogen-bond donors (Lipinski definition) is 2. The third-order valence-corrected chi connectivity index (χ3v) is 4.24. The van der Waals surface area contributed by atoms with Gasteiger partial charge in [0.25, 0.3) is 0 Å². The van der Waals surface area contributed by atoms with Gasteiger partial charge in [-0.3, -0.25) is 9.39 Å². The van der Waals surface area contributed by atoms with Gasteiger partial charge in [0, 0.05) is 32.3 Å². The van der Waals surface area contributed by atoms with Crippen molar-refractivity contribution in [3.63, 3.8) is 0 Å². The quantitative estimate of drug-likeness (QED) is 0.618. The molecule has 3 heterocycles. The van der Waals surface area contributed by atoms with Crippen molar-refractivity contribution in [3.8, 4) is 0 Å². The predicted octanol–water partition coefficient (Wildman–Crippen LogP) is 1.40. The average Bonchev–Trinajstić information content (AvgIpc) is 3.20. The average molecular weight is 330 g/mol. The Morgan fingerprint density at radius 3 is 3.08 bits per heavy atom. The van der Waals surface area contributed by atoms with E-state index in [2.05, 4.69) is 39.7 Å². The highest BCUT2D eigenvalue weighted by molar-refractivity contribution is 5.79. The van der Waals surface area contributed by atoms with Gasteiger partial charge in [-0.25, -0.2) is 0 Å². The smallest absolute Gasteiger partial charge is 0.191 e. The number of guanidine groups is 1. The van der Waals surface area contributed by atoms with Crippen LogP contribution < -0.4 is 10.6 Å². The lowest BCUT2D eigenvalue weighted by Crippen LogP contribution is -2.40. The van der Waals surface area contributed by atoms with Crippen molar-refractivity contribution in [2.24, 2.45) is 4.99 Å². The number of ether oxygens (including phenoxy) is 1. The molecule has 1 fully saturated rings. The molecular formula is C17H26N6O. The number of hydrogen-bond acceptors (Lipinski definition) is 4. The number of aromatic nitrogens is 3. The zero-order valence-electron chi connectivity index (χ0n) is 14.5. The minimum atomic E-state index is -0.119. The highest BCUT2D eigenvalue weighted by Gasteiger charge is 2.29. The van der Waals surface area contributed by atoms with Gasteiger partial charge >= 0.3 is 0 Å². The molecule has 0 amide bonds. The highest BCUT2D eigenvalue weighted by atomic mass is 16.5. The molecule has 7 nitrogen and oxygen atoms in total. The molecule has 1 aliphatic rings. The van der Waals surface area contributed by atoms with Gasteiger partial charge in [-0.15, -0.1) is 10.2 Å². The van der Waals surface area contributed by atoms with Crippen LogP contribution in [-0.4, -0.2) is 52.4 Å². The summed E-state index contributed by atoms with van der Waals surface area (Å²) in [6, 6.07) is 5.91. The molecule has 7 heteroatoms. The Bertz CT molecular complexity index is 689. The van der Waals surface area contributed by atoms with Crippen LogP contribution in [0.4, 0.5) is 0 Å². The van der Waals surface area contributed by atoms with Crippen molar-refractivity contribution in [2.45, 2.75) is 38.7 Å². The molecule has 0 radical (unpaired) electrons. The van der Waals surface area contributed by atoms with Crippen LogP contribution in [0.5, 0.6) is 0 Å². The van der Waals surface area contributed by atoms with E-state index in [0.29, 0.717) is 6.54 Å². The van der Waals surface area contributed by atoms with Gasteiger partial charge < -0.3 is 15.4 Å². The maximum atomic E-state index is 5.80. The van der Waals surface area contributed by atoms with E-state index in [9.17, 15) is 0 Å². The van der Waals surface area contributed by atoms with Crippen LogP contribution in [0, 0.1) is 0 Å². The largest absolute Gasteiger partial charge is 0.373 e. The Morgan fingerprint density at radius 1 is 1.38 bits per heavy atom. The van der Waals surface area contributed by atoms with E-state index in [4.69, 9.17) is 4.74 Å². The van der Waals surface area contributed by atoms with E-state index in [1.54, 1.807) is 0 Å². The third-order valence-electron chi connectivity index (χ3n) is 4.24. The lowest BCUT2D eigenvalue weighted by Gasteiger charge is -2.21. The van der Waals surface area contributed by atoms with Gasteiger partial charge in [-0.05, 0) is 38.8 Å². The molecule has 0 aliphatic carbocycles. The lowest BCUT2D eigenvalue weighted by molar-refractivity contribution is 0.0283. The molecule has 3 rings (SSSR count). The van der Waals surface area contributed by atoms with E-state index in [1.807, 2.05) is 28.8 Å². The summed E-state index contributed by atoms with van der Waals surface area (Å²) < 4.78 is 7.81. The molecule has 1 aliphatic heterocycles. The molecule has 1 atom stereocenters. The summed E-state index contributed by atoms with van der Waals surface area (Å²) in [4.78, 5) is 4.67. The van der Waals surface area contributed by atoms with Crippen molar-refractivity contribution in [1.29, 1.82) is 0 Å². The van der Waals surface area contributed by atoms with E-state index >= 15 is 0 Å². The van der Waals surface area contributed by atoms with Gasteiger partial charge in [0.15, 0.2) is 11.6 Å². The van der Waals surface area contributed by atoms with Crippen LogP contribution in [0.25, 0.3) is 5.65 Å².